The second-order valence-corrected chi connectivity index (χ2v) is 9.59. The van der Waals surface area contributed by atoms with Crippen LogP contribution in [0.4, 0.5) is 0 Å². The zero-order chi connectivity index (χ0) is 23.7. The molecule has 0 heterocycles. The number of rotatable bonds is 7. The summed E-state index contributed by atoms with van der Waals surface area (Å²) >= 11 is 0. The van der Waals surface area contributed by atoms with Crippen LogP contribution >= 0.6 is 0 Å². The molecular formula is C29H32O3. The van der Waals surface area contributed by atoms with Gasteiger partial charge in [-0.05, 0) is 29.4 Å². The number of hydrogen-bond donors (Lipinski definition) is 1. The Hall–Kier alpha value is -3.20. The molecule has 0 atom stereocenters. The quantitative estimate of drug-likeness (QED) is 0.418. The van der Waals surface area contributed by atoms with Gasteiger partial charge in [-0.3, -0.25) is 9.59 Å². The van der Waals surface area contributed by atoms with E-state index in [4.69, 9.17) is 0 Å². The molecule has 0 saturated carbocycles. The van der Waals surface area contributed by atoms with Crippen LogP contribution in [0.25, 0.3) is 0 Å². The third kappa shape index (κ3) is 4.00. The van der Waals surface area contributed by atoms with Crippen LogP contribution in [0, 0.1) is 12.3 Å². The van der Waals surface area contributed by atoms with Crippen molar-refractivity contribution in [1.82, 2.24) is 0 Å². The summed E-state index contributed by atoms with van der Waals surface area (Å²) < 4.78 is 0. The lowest BCUT2D eigenvalue weighted by molar-refractivity contribution is 0.0996. The van der Waals surface area contributed by atoms with E-state index in [1.54, 1.807) is 37.3 Å². The summed E-state index contributed by atoms with van der Waals surface area (Å²) in [6.07, 6.45) is 0.842. The molecule has 3 aromatic carbocycles. The van der Waals surface area contributed by atoms with Crippen molar-refractivity contribution < 1.29 is 14.7 Å². The molecule has 0 unspecified atom stereocenters. The molecule has 3 rings (SSSR count). The smallest absolute Gasteiger partial charge is 0.194 e. The van der Waals surface area contributed by atoms with Gasteiger partial charge in [0.15, 0.2) is 11.6 Å². The Bertz CT molecular complexity index is 1140. The molecule has 0 bridgehead atoms. The van der Waals surface area contributed by atoms with Crippen LogP contribution in [0.1, 0.15) is 84.0 Å². The summed E-state index contributed by atoms with van der Waals surface area (Å²) in [5.74, 6) is -0.412. The minimum atomic E-state index is -0.578. The van der Waals surface area contributed by atoms with Gasteiger partial charge in [-0.2, -0.15) is 0 Å². The Morgan fingerprint density at radius 1 is 0.781 bits per heavy atom. The third-order valence-corrected chi connectivity index (χ3v) is 7.23. The van der Waals surface area contributed by atoms with Gasteiger partial charge >= 0.3 is 0 Å². The largest absolute Gasteiger partial charge is 0.508 e. The molecule has 32 heavy (non-hydrogen) atoms. The number of phenols is 1. The van der Waals surface area contributed by atoms with Crippen molar-refractivity contribution >= 4 is 11.6 Å². The predicted molar refractivity (Wildman–Crippen MR) is 130 cm³/mol. The van der Waals surface area contributed by atoms with Crippen LogP contribution in [0.2, 0.25) is 0 Å². The predicted octanol–water partition coefficient (Wildman–Crippen LogP) is 6.88. The van der Waals surface area contributed by atoms with Gasteiger partial charge in [0, 0.05) is 27.8 Å². The van der Waals surface area contributed by atoms with Crippen LogP contribution < -0.4 is 0 Å². The maximum absolute atomic E-state index is 13.9. The highest BCUT2D eigenvalue weighted by Gasteiger charge is 2.43. The van der Waals surface area contributed by atoms with Crippen molar-refractivity contribution in [3.05, 3.63) is 100 Å². The molecule has 0 spiro atoms. The van der Waals surface area contributed by atoms with Gasteiger partial charge in [0.2, 0.25) is 0 Å². The standard InChI is InChI=1S/C29H32O3/c1-7-28(3,4)29(5,6)25-22(30)18-19(2)23(26(31)20-14-10-8-11-15-20)24(25)27(32)21-16-12-9-13-17-21/h8-18,30H,7H2,1-6H3. The normalized spacial score (nSPS) is 11.9. The zero-order valence-electron chi connectivity index (χ0n) is 19.8. The summed E-state index contributed by atoms with van der Waals surface area (Å²) in [6.45, 7) is 12.2. The van der Waals surface area contributed by atoms with Crippen molar-refractivity contribution in [2.45, 2.75) is 53.4 Å². The van der Waals surface area contributed by atoms with E-state index in [-0.39, 0.29) is 22.7 Å². The lowest BCUT2D eigenvalue weighted by Gasteiger charge is -2.43. The van der Waals surface area contributed by atoms with Gasteiger partial charge in [-0.15, -0.1) is 0 Å². The van der Waals surface area contributed by atoms with Crippen LogP contribution in [0.3, 0.4) is 0 Å². The van der Waals surface area contributed by atoms with E-state index in [1.807, 2.05) is 50.2 Å². The van der Waals surface area contributed by atoms with Crippen LogP contribution in [0.5, 0.6) is 5.75 Å². The molecule has 0 aliphatic carbocycles. The summed E-state index contributed by atoms with van der Waals surface area (Å²) in [4.78, 5) is 27.6. The van der Waals surface area contributed by atoms with E-state index in [0.29, 0.717) is 33.4 Å². The molecule has 0 aromatic heterocycles. The zero-order valence-corrected chi connectivity index (χ0v) is 19.8. The first-order valence-electron chi connectivity index (χ1n) is 11.1. The average molecular weight is 429 g/mol. The van der Waals surface area contributed by atoms with E-state index in [2.05, 4.69) is 20.8 Å². The van der Waals surface area contributed by atoms with Crippen molar-refractivity contribution in [1.29, 1.82) is 0 Å². The first kappa shape index (κ1) is 23.5. The summed E-state index contributed by atoms with van der Waals surface area (Å²) in [5.41, 5.74) is 1.97. The van der Waals surface area contributed by atoms with Gasteiger partial charge in [-0.25, -0.2) is 0 Å². The maximum atomic E-state index is 13.9. The van der Waals surface area contributed by atoms with Crippen molar-refractivity contribution in [3.63, 3.8) is 0 Å². The SMILES string of the molecule is CCC(C)(C)C(C)(C)c1c(O)cc(C)c(C(=O)c2ccccc2)c1C(=O)c1ccccc1. The van der Waals surface area contributed by atoms with Gasteiger partial charge < -0.3 is 5.11 Å². The van der Waals surface area contributed by atoms with E-state index in [1.165, 1.54) is 0 Å². The lowest BCUT2D eigenvalue weighted by Crippen LogP contribution is -2.38. The Morgan fingerprint density at radius 3 is 1.66 bits per heavy atom. The Labute approximate surface area is 191 Å². The minimum absolute atomic E-state index is 0.0536. The topological polar surface area (TPSA) is 54.4 Å². The molecule has 0 amide bonds. The average Bonchev–Trinajstić information content (AvgIpc) is 2.78. The second-order valence-electron chi connectivity index (χ2n) is 9.59. The Kier molecular flexibility index (Phi) is 6.41. The molecule has 0 fully saturated rings. The number of aromatic hydroxyl groups is 1. The molecule has 0 saturated heterocycles. The van der Waals surface area contributed by atoms with E-state index in [9.17, 15) is 14.7 Å². The molecule has 3 nitrogen and oxygen atoms in total. The number of benzene rings is 3. The molecule has 3 aromatic rings. The fraction of sp³-hybridized carbons (Fsp3) is 0.310. The molecule has 1 N–H and O–H groups in total. The van der Waals surface area contributed by atoms with Crippen molar-refractivity contribution in [3.8, 4) is 5.75 Å². The van der Waals surface area contributed by atoms with Crippen LogP contribution in [0.15, 0.2) is 66.7 Å². The molecule has 0 radical (unpaired) electrons. The van der Waals surface area contributed by atoms with E-state index >= 15 is 0 Å². The minimum Gasteiger partial charge on any atom is -0.508 e. The van der Waals surface area contributed by atoms with Gasteiger partial charge in [0.25, 0.3) is 0 Å². The number of phenolic OH excluding ortho intramolecular Hbond substituents is 1. The summed E-state index contributed by atoms with van der Waals surface area (Å²) in [5, 5.41) is 11.2. The number of aryl methyl sites for hydroxylation is 1. The number of carbonyl (C=O) groups excluding carboxylic acids is 2. The highest BCUT2D eigenvalue weighted by atomic mass is 16.3. The highest BCUT2D eigenvalue weighted by molar-refractivity contribution is 6.21. The van der Waals surface area contributed by atoms with Crippen molar-refractivity contribution in [2.24, 2.45) is 5.41 Å². The molecule has 0 aliphatic rings. The molecule has 3 heteroatoms. The Morgan fingerprint density at radius 2 is 1.22 bits per heavy atom. The van der Waals surface area contributed by atoms with Gasteiger partial charge in [-0.1, -0.05) is 102 Å². The van der Waals surface area contributed by atoms with E-state index in [0.717, 1.165) is 6.42 Å². The number of hydrogen-bond acceptors (Lipinski definition) is 3. The summed E-state index contributed by atoms with van der Waals surface area (Å²) in [6, 6.07) is 19.6. The number of ketones is 2. The fourth-order valence-electron chi connectivity index (χ4n) is 4.20. The van der Waals surface area contributed by atoms with Crippen molar-refractivity contribution in [2.75, 3.05) is 0 Å². The van der Waals surface area contributed by atoms with Crippen LogP contribution in [-0.2, 0) is 5.41 Å². The third-order valence-electron chi connectivity index (χ3n) is 7.23. The molecule has 166 valence electrons. The van der Waals surface area contributed by atoms with Gasteiger partial charge in [0.05, 0.1) is 0 Å². The Balaban J connectivity index is 2.43. The lowest BCUT2D eigenvalue weighted by atomic mass is 9.60. The first-order chi connectivity index (χ1) is 15.0. The monoisotopic (exact) mass is 428 g/mol. The first-order valence-corrected chi connectivity index (χ1v) is 11.1. The molecular weight excluding hydrogens is 396 g/mol. The van der Waals surface area contributed by atoms with Gasteiger partial charge in [0.1, 0.15) is 5.75 Å². The summed E-state index contributed by atoms with van der Waals surface area (Å²) in [7, 11) is 0. The van der Waals surface area contributed by atoms with Crippen LogP contribution in [-0.4, -0.2) is 16.7 Å². The second kappa shape index (κ2) is 8.74. The highest BCUT2D eigenvalue weighted by Crippen LogP contribution is 2.49. The number of carbonyl (C=O) groups is 2. The van der Waals surface area contributed by atoms with E-state index < -0.39 is 5.41 Å². The fourth-order valence-corrected chi connectivity index (χ4v) is 4.20. The maximum Gasteiger partial charge on any atom is 0.194 e. The molecule has 0 aliphatic heterocycles.